The van der Waals surface area contributed by atoms with Gasteiger partial charge in [0.15, 0.2) is 11.7 Å². The lowest BCUT2D eigenvalue weighted by molar-refractivity contribution is 0.0927. The van der Waals surface area contributed by atoms with Crippen molar-refractivity contribution < 1.29 is 24.7 Å². The fourth-order valence-electron chi connectivity index (χ4n) is 4.40. The van der Waals surface area contributed by atoms with Crippen LogP contribution in [0.3, 0.4) is 0 Å². The molecular formula is C28H31N5O5. The molecule has 1 amide bonds. The van der Waals surface area contributed by atoms with Crippen LogP contribution < -0.4 is 26.3 Å². The molecular weight excluding hydrogens is 486 g/mol. The van der Waals surface area contributed by atoms with Crippen molar-refractivity contribution in [2.24, 2.45) is 21.8 Å². The Bertz CT molecular complexity index is 1350. The predicted octanol–water partition coefficient (Wildman–Crippen LogP) is 4.83. The van der Waals surface area contributed by atoms with Crippen LogP contribution in [0.5, 0.6) is 23.0 Å². The Morgan fingerprint density at radius 1 is 0.789 bits per heavy atom. The van der Waals surface area contributed by atoms with E-state index in [-0.39, 0.29) is 23.6 Å². The number of rotatable bonds is 8. The van der Waals surface area contributed by atoms with E-state index in [1.165, 1.54) is 6.42 Å². The first-order valence-electron chi connectivity index (χ1n) is 12.3. The molecule has 0 bridgehead atoms. The number of oxime groups is 2. The van der Waals surface area contributed by atoms with Gasteiger partial charge in [-0.3, -0.25) is 4.79 Å². The van der Waals surface area contributed by atoms with Crippen molar-refractivity contribution >= 4 is 17.6 Å². The quantitative estimate of drug-likeness (QED) is 0.123. The standard InChI is InChI=1S/C28H31N5O5/c1-17-13-22(11-12-25(17)27(30)33-36)38-24-15-19(28(34)31-20-5-3-2-4-6-20)14-23(16-24)37-21-9-7-18(8-10-21)26(29)32-35/h7-16,20,35-36H,2-6H2,1H3,(H2,29,32)(H2,30,33)(H,31,34). The fourth-order valence-corrected chi connectivity index (χ4v) is 4.40. The van der Waals surface area contributed by atoms with E-state index in [9.17, 15) is 4.79 Å². The smallest absolute Gasteiger partial charge is 0.251 e. The summed E-state index contributed by atoms with van der Waals surface area (Å²) in [5.74, 6) is 1.60. The van der Waals surface area contributed by atoms with E-state index in [1.54, 1.807) is 60.7 Å². The van der Waals surface area contributed by atoms with E-state index in [4.69, 9.17) is 31.4 Å². The van der Waals surface area contributed by atoms with Crippen LogP contribution in [0.25, 0.3) is 0 Å². The first-order chi connectivity index (χ1) is 18.4. The van der Waals surface area contributed by atoms with Gasteiger partial charge in [0.2, 0.25) is 0 Å². The molecule has 198 valence electrons. The number of nitrogens with two attached hydrogens (primary N) is 2. The van der Waals surface area contributed by atoms with Gasteiger partial charge in [0.25, 0.3) is 5.91 Å². The van der Waals surface area contributed by atoms with Crippen molar-refractivity contribution in [3.05, 3.63) is 82.9 Å². The first-order valence-corrected chi connectivity index (χ1v) is 12.3. The van der Waals surface area contributed by atoms with Crippen LogP contribution in [0.15, 0.2) is 71.0 Å². The normalized spacial score (nSPS) is 14.7. The number of hydrogen-bond donors (Lipinski definition) is 5. The molecule has 1 fully saturated rings. The average Bonchev–Trinajstić information content (AvgIpc) is 2.93. The van der Waals surface area contributed by atoms with Gasteiger partial charge < -0.3 is 36.7 Å². The summed E-state index contributed by atoms with van der Waals surface area (Å²) >= 11 is 0. The lowest BCUT2D eigenvalue weighted by atomic mass is 9.95. The second kappa shape index (κ2) is 12.0. The second-order valence-corrected chi connectivity index (χ2v) is 9.18. The predicted molar refractivity (Wildman–Crippen MR) is 144 cm³/mol. The molecule has 0 unspecified atom stereocenters. The molecule has 1 aliphatic carbocycles. The zero-order valence-corrected chi connectivity index (χ0v) is 21.1. The van der Waals surface area contributed by atoms with Crippen LogP contribution >= 0.6 is 0 Å². The minimum atomic E-state index is -0.201. The van der Waals surface area contributed by atoms with Crippen molar-refractivity contribution in [2.45, 2.75) is 45.1 Å². The van der Waals surface area contributed by atoms with Crippen molar-refractivity contribution in [1.82, 2.24) is 5.32 Å². The van der Waals surface area contributed by atoms with Gasteiger partial charge in [0, 0.05) is 28.8 Å². The van der Waals surface area contributed by atoms with Gasteiger partial charge in [0.1, 0.15) is 23.0 Å². The zero-order valence-electron chi connectivity index (χ0n) is 21.1. The lowest BCUT2D eigenvalue weighted by Crippen LogP contribution is -2.36. The van der Waals surface area contributed by atoms with Crippen LogP contribution in [0.2, 0.25) is 0 Å². The number of benzene rings is 3. The molecule has 0 atom stereocenters. The summed E-state index contributed by atoms with van der Waals surface area (Å²) in [7, 11) is 0. The number of aryl methyl sites for hydroxylation is 1. The van der Waals surface area contributed by atoms with Crippen LogP contribution in [0.4, 0.5) is 0 Å². The molecule has 0 aromatic heterocycles. The van der Waals surface area contributed by atoms with Crippen LogP contribution in [-0.4, -0.2) is 34.0 Å². The number of hydrogen-bond acceptors (Lipinski definition) is 7. The average molecular weight is 518 g/mol. The monoisotopic (exact) mass is 517 g/mol. The Labute approximate surface area is 220 Å². The maximum atomic E-state index is 13.2. The summed E-state index contributed by atoms with van der Waals surface area (Å²) in [6.07, 6.45) is 5.32. The van der Waals surface area contributed by atoms with Gasteiger partial charge in [-0.25, -0.2) is 0 Å². The second-order valence-electron chi connectivity index (χ2n) is 9.18. The highest BCUT2D eigenvalue weighted by Crippen LogP contribution is 2.32. The van der Waals surface area contributed by atoms with Gasteiger partial charge in [-0.05, 0) is 79.9 Å². The molecule has 0 saturated heterocycles. The third kappa shape index (κ3) is 6.52. The van der Waals surface area contributed by atoms with E-state index < -0.39 is 0 Å². The highest BCUT2D eigenvalue weighted by Gasteiger charge is 2.18. The summed E-state index contributed by atoms with van der Waals surface area (Å²) in [5, 5.41) is 27.0. The third-order valence-corrected chi connectivity index (χ3v) is 6.39. The highest BCUT2D eigenvalue weighted by molar-refractivity contribution is 5.98. The summed E-state index contributed by atoms with van der Waals surface area (Å²) in [6.45, 7) is 1.82. The topological polar surface area (TPSA) is 165 Å². The van der Waals surface area contributed by atoms with E-state index in [0.717, 1.165) is 31.2 Å². The molecule has 1 aliphatic rings. The highest BCUT2D eigenvalue weighted by atomic mass is 16.5. The van der Waals surface area contributed by atoms with Gasteiger partial charge in [-0.1, -0.05) is 29.6 Å². The summed E-state index contributed by atoms with van der Waals surface area (Å²) in [4.78, 5) is 13.2. The van der Waals surface area contributed by atoms with Crippen molar-refractivity contribution in [1.29, 1.82) is 0 Å². The molecule has 0 spiro atoms. The third-order valence-electron chi connectivity index (χ3n) is 6.39. The Morgan fingerprint density at radius 2 is 1.39 bits per heavy atom. The van der Waals surface area contributed by atoms with Gasteiger partial charge in [0.05, 0.1) is 0 Å². The molecule has 4 rings (SSSR count). The number of nitrogens with one attached hydrogen (secondary N) is 1. The van der Waals surface area contributed by atoms with Gasteiger partial charge in [-0.2, -0.15) is 0 Å². The van der Waals surface area contributed by atoms with Crippen LogP contribution in [-0.2, 0) is 0 Å². The largest absolute Gasteiger partial charge is 0.457 e. The number of nitrogens with zero attached hydrogens (tertiary/aromatic N) is 2. The number of ether oxygens (including phenoxy) is 2. The molecule has 3 aromatic carbocycles. The summed E-state index contributed by atoms with van der Waals surface area (Å²) < 4.78 is 12.1. The molecule has 7 N–H and O–H groups in total. The van der Waals surface area contributed by atoms with E-state index >= 15 is 0 Å². The molecule has 0 heterocycles. The number of amides is 1. The summed E-state index contributed by atoms with van der Waals surface area (Å²) in [6, 6.07) is 17.0. The Kier molecular flexibility index (Phi) is 8.32. The van der Waals surface area contributed by atoms with Crippen molar-refractivity contribution in [3.63, 3.8) is 0 Å². The summed E-state index contributed by atoms with van der Waals surface area (Å²) in [5.41, 5.74) is 13.6. The van der Waals surface area contributed by atoms with Crippen molar-refractivity contribution in [3.8, 4) is 23.0 Å². The zero-order chi connectivity index (χ0) is 27.1. The molecule has 0 radical (unpaired) electrons. The van der Waals surface area contributed by atoms with E-state index in [0.29, 0.717) is 39.7 Å². The maximum absolute atomic E-state index is 13.2. The van der Waals surface area contributed by atoms with Gasteiger partial charge in [-0.15, -0.1) is 0 Å². The van der Waals surface area contributed by atoms with Crippen LogP contribution in [0.1, 0.15) is 59.2 Å². The number of carbonyl (C=O) groups is 1. The van der Waals surface area contributed by atoms with Crippen LogP contribution in [0, 0.1) is 6.92 Å². The molecule has 3 aromatic rings. The molecule has 38 heavy (non-hydrogen) atoms. The molecule has 0 aliphatic heterocycles. The maximum Gasteiger partial charge on any atom is 0.251 e. The minimum absolute atomic E-state index is 0.00385. The Balaban J connectivity index is 1.62. The molecule has 1 saturated carbocycles. The molecule has 10 nitrogen and oxygen atoms in total. The van der Waals surface area contributed by atoms with E-state index in [1.807, 2.05) is 6.92 Å². The van der Waals surface area contributed by atoms with Crippen molar-refractivity contribution in [2.75, 3.05) is 0 Å². The Hall–Kier alpha value is -4.73. The lowest BCUT2D eigenvalue weighted by Gasteiger charge is -2.23. The molecule has 10 heteroatoms. The number of carbonyl (C=O) groups excluding carboxylic acids is 1. The fraction of sp³-hybridized carbons (Fsp3) is 0.250. The minimum Gasteiger partial charge on any atom is -0.457 e. The number of amidine groups is 2. The Morgan fingerprint density at radius 3 is 2.00 bits per heavy atom. The first kappa shape index (κ1) is 26.3. The van der Waals surface area contributed by atoms with E-state index in [2.05, 4.69) is 15.6 Å². The van der Waals surface area contributed by atoms with Gasteiger partial charge >= 0.3 is 0 Å². The SMILES string of the molecule is Cc1cc(Oc2cc(Oc3ccc(C(N)=NO)cc3)cc(C(=O)NC3CCCCC3)c2)ccc1C(N)=NO.